The van der Waals surface area contributed by atoms with Gasteiger partial charge in [0, 0.05) is 11.8 Å². The van der Waals surface area contributed by atoms with E-state index in [4.69, 9.17) is 0 Å². The van der Waals surface area contributed by atoms with Crippen LogP contribution in [0.15, 0.2) is 0 Å². The average molecular weight is 306 g/mol. The van der Waals surface area contributed by atoms with Crippen molar-refractivity contribution < 1.29 is 15.0 Å². The van der Waals surface area contributed by atoms with Crippen LogP contribution >= 0.6 is 0 Å². The van der Waals surface area contributed by atoms with Gasteiger partial charge >= 0.3 is 0 Å². The molecule has 0 saturated heterocycles. The van der Waals surface area contributed by atoms with Crippen molar-refractivity contribution in [1.82, 2.24) is 0 Å². The van der Waals surface area contributed by atoms with E-state index in [1.165, 1.54) is 0 Å². The number of carbonyl (C=O) groups is 1. The van der Waals surface area contributed by atoms with Gasteiger partial charge in [0.15, 0.2) is 0 Å². The molecule has 0 spiro atoms. The van der Waals surface area contributed by atoms with E-state index in [9.17, 15) is 15.0 Å². The van der Waals surface area contributed by atoms with Gasteiger partial charge in [-0.2, -0.15) is 0 Å². The fourth-order valence-corrected chi connectivity index (χ4v) is 7.09. The van der Waals surface area contributed by atoms with Gasteiger partial charge < -0.3 is 10.2 Å². The molecule has 0 aliphatic heterocycles. The first-order valence-electron chi connectivity index (χ1n) is 9.27. The van der Waals surface area contributed by atoms with Crippen LogP contribution in [0.25, 0.3) is 0 Å². The largest absolute Gasteiger partial charge is 0.390 e. The van der Waals surface area contributed by atoms with Crippen molar-refractivity contribution >= 4 is 5.78 Å². The van der Waals surface area contributed by atoms with Gasteiger partial charge in [0.2, 0.25) is 0 Å². The molecule has 3 heteroatoms. The Morgan fingerprint density at radius 2 is 1.68 bits per heavy atom. The molecule has 4 rings (SSSR count). The molecular formula is C19H30O3. The summed E-state index contributed by atoms with van der Waals surface area (Å²) < 4.78 is 0. The predicted octanol–water partition coefficient (Wildman–Crippen LogP) is 2.93. The highest BCUT2D eigenvalue weighted by molar-refractivity contribution is 5.87. The minimum absolute atomic E-state index is 0.0584. The molecule has 4 fully saturated rings. The Labute approximate surface area is 133 Å². The Morgan fingerprint density at radius 1 is 0.909 bits per heavy atom. The van der Waals surface area contributed by atoms with Crippen LogP contribution in [0.4, 0.5) is 0 Å². The molecule has 0 radical (unpaired) electrons. The van der Waals surface area contributed by atoms with Crippen LogP contribution in [0.2, 0.25) is 0 Å². The van der Waals surface area contributed by atoms with E-state index in [-0.39, 0.29) is 16.7 Å². The number of hydrogen-bond acceptors (Lipinski definition) is 3. The smallest absolute Gasteiger partial charge is 0.139 e. The lowest BCUT2D eigenvalue weighted by Crippen LogP contribution is -2.58. The van der Waals surface area contributed by atoms with Crippen LogP contribution in [0.3, 0.4) is 0 Å². The lowest BCUT2D eigenvalue weighted by atomic mass is 9.45. The summed E-state index contributed by atoms with van der Waals surface area (Å²) >= 11 is 0. The van der Waals surface area contributed by atoms with E-state index in [0.29, 0.717) is 23.5 Å². The number of carbonyl (C=O) groups excluding carboxylic acids is 1. The Hall–Kier alpha value is -0.410. The Morgan fingerprint density at radius 3 is 2.45 bits per heavy atom. The normalized spacial score (nSPS) is 57.9. The molecule has 0 bridgehead atoms. The van der Waals surface area contributed by atoms with E-state index >= 15 is 0 Å². The van der Waals surface area contributed by atoms with Gasteiger partial charge in [-0.25, -0.2) is 0 Å². The summed E-state index contributed by atoms with van der Waals surface area (Å²) in [7, 11) is 0. The second-order valence-electron chi connectivity index (χ2n) is 9.08. The van der Waals surface area contributed by atoms with Crippen molar-refractivity contribution in [3.8, 4) is 0 Å². The van der Waals surface area contributed by atoms with Gasteiger partial charge in [-0.3, -0.25) is 4.79 Å². The highest BCUT2D eigenvalue weighted by Crippen LogP contribution is 2.65. The lowest BCUT2D eigenvalue weighted by Gasteiger charge is -2.61. The molecule has 2 N–H and O–H groups in total. The maximum atomic E-state index is 12.4. The molecule has 0 aromatic rings. The first-order chi connectivity index (χ1) is 10.4. The third-order valence-corrected chi connectivity index (χ3v) is 8.44. The third kappa shape index (κ3) is 1.78. The number of Topliss-reactive ketones (excluding diaryl/α,β-unsaturated/α-hetero) is 1. The van der Waals surface area contributed by atoms with E-state index in [1.54, 1.807) is 0 Å². The third-order valence-electron chi connectivity index (χ3n) is 8.44. The summed E-state index contributed by atoms with van der Waals surface area (Å²) in [5, 5.41) is 20.6. The number of aliphatic hydroxyl groups excluding tert-OH is 2. The average Bonchev–Trinajstić information content (AvgIpc) is 2.79. The van der Waals surface area contributed by atoms with Crippen LogP contribution in [0.5, 0.6) is 0 Å². The van der Waals surface area contributed by atoms with E-state index in [0.717, 1.165) is 51.4 Å². The van der Waals surface area contributed by atoms with Crippen LogP contribution < -0.4 is 0 Å². The molecule has 124 valence electrons. The van der Waals surface area contributed by atoms with Crippen molar-refractivity contribution in [1.29, 1.82) is 0 Å². The van der Waals surface area contributed by atoms with Crippen molar-refractivity contribution in [3.05, 3.63) is 0 Å². The quantitative estimate of drug-likeness (QED) is 0.723. The van der Waals surface area contributed by atoms with Crippen LogP contribution in [0, 0.1) is 34.5 Å². The number of fused-ring (bicyclic) bond motifs is 5. The molecule has 0 unspecified atom stereocenters. The fraction of sp³-hybridized carbons (Fsp3) is 0.947. The minimum atomic E-state index is -0.543. The van der Waals surface area contributed by atoms with Crippen LogP contribution in [-0.2, 0) is 4.79 Å². The Bertz CT molecular complexity index is 489. The highest BCUT2D eigenvalue weighted by atomic mass is 16.3. The van der Waals surface area contributed by atoms with Crippen LogP contribution in [-0.4, -0.2) is 28.2 Å². The van der Waals surface area contributed by atoms with Gasteiger partial charge in [-0.05, 0) is 74.0 Å². The molecule has 4 aliphatic carbocycles. The summed E-state index contributed by atoms with van der Waals surface area (Å²) in [4.78, 5) is 12.4. The second kappa shape index (κ2) is 4.80. The SMILES string of the molecule is C[C@]12CC[C@H](O)[C@@H](O)[C@H]1CC[C@@H]1[C@@H]2CC[C@]2(C)C(=O)CC[C@@H]12. The summed E-state index contributed by atoms with van der Waals surface area (Å²) in [5.74, 6) is 2.62. The first-order valence-corrected chi connectivity index (χ1v) is 9.27. The van der Waals surface area contributed by atoms with Gasteiger partial charge in [-0.15, -0.1) is 0 Å². The molecule has 0 amide bonds. The zero-order valence-electron chi connectivity index (χ0n) is 13.9. The van der Waals surface area contributed by atoms with E-state index in [1.807, 2.05) is 0 Å². The van der Waals surface area contributed by atoms with Gasteiger partial charge in [0.1, 0.15) is 5.78 Å². The van der Waals surface area contributed by atoms with E-state index in [2.05, 4.69) is 13.8 Å². The zero-order valence-corrected chi connectivity index (χ0v) is 13.9. The van der Waals surface area contributed by atoms with Crippen molar-refractivity contribution in [2.24, 2.45) is 34.5 Å². The highest BCUT2D eigenvalue weighted by Gasteiger charge is 2.61. The molecule has 3 nitrogen and oxygen atoms in total. The van der Waals surface area contributed by atoms with Crippen molar-refractivity contribution in [2.75, 3.05) is 0 Å². The van der Waals surface area contributed by atoms with Gasteiger partial charge in [-0.1, -0.05) is 13.8 Å². The molecule has 4 aliphatic rings. The summed E-state index contributed by atoms with van der Waals surface area (Å²) in [5.41, 5.74) is 0.103. The van der Waals surface area contributed by atoms with Crippen molar-refractivity contribution in [2.45, 2.75) is 77.4 Å². The maximum Gasteiger partial charge on any atom is 0.139 e. The number of ketones is 1. The summed E-state index contributed by atoms with van der Waals surface area (Å²) in [6.45, 7) is 4.58. The standard InChI is InChI=1S/C19H30O3/c1-18-10-8-15(20)17(22)14(18)4-3-11-12-5-6-16(21)19(12,2)9-7-13(11)18/h11-15,17,20,22H,3-10H2,1-2H3/t11-,12-,13-,14+,15-,17-,18+,19-/m0/s1. The lowest BCUT2D eigenvalue weighted by molar-refractivity contribution is -0.173. The molecule has 0 aromatic carbocycles. The molecular weight excluding hydrogens is 276 g/mol. The Kier molecular flexibility index (Phi) is 3.30. The van der Waals surface area contributed by atoms with Gasteiger partial charge in [0.05, 0.1) is 12.2 Å². The topological polar surface area (TPSA) is 57.5 Å². The summed E-state index contributed by atoms with van der Waals surface area (Å²) in [6, 6.07) is 0. The monoisotopic (exact) mass is 306 g/mol. The van der Waals surface area contributed by atoms with Crippen molar-refractivity contribution in [3.63, 3.8) is 0 Å². The first kappa shape index (κ1) is 15.1. The van der Waals surface area contributed by atoms with Crippen LogP contribution in [0.1, 0.15) is 65.2 Å². The molecule has 4 saturated carbocycles. The molecule has 8 atom stereocenters. The maximum absolute atomic E-state index is 12.4. The summed E-state index contributed by atoms with van der Waals surface area (Å²) in [6.07, 6.45) is 6.91. The number of aliphatic hydroxyl groups is 2. The minimum Gasteiger partial charge on any atom is -0.390 e. The predicted molar refractivity (Wildman–Crippen MR) is 84.1 cm³/mol. The molecule has 22 heavy (non-hydrogen) atoms. The second-order valence-corrected chi connectivity index (χ2v) is 9.08. The van der Waals surface area contributed by atoms with Gasteiger partial charge in [0.25, 0.3) is 0 Å². The molecule has 0 aromatic heterocycles. The molecule has 0 heterocycles. The number of hydrogen-bond donors (Lipinski definition) is 2. The Balaban J connectivity index is 1.65. The zero-order chi connectivity index (χ0) is 15.7. The van der Waals surface area contributed by atoms with E-state index < -0.39 is 12.2 Å². The fourth-order valence-electron chi connectivity index (χ4n) is 7.09. The number of rotatable bonds is 0.